The summed E-state index contributed by atoms with van der Waals surface area (Å²) in [5, 5.41) is 0. The van der Waals surface area contributed by atoms with Crippen molar-refractivity contribution >= 4 is 11.5 Å². The van der Waals surface area contributed by atoms with Crippen LogP contribution in [0, 0.1) is 5.92 Å². The minimum atomic E-state index is -0.285. The maximum atomic E-state index is 12.9. The molecule has 1 aliphatic heterocycles. The first kappa shape index (κ1) is 23.4. The molecule has 0 N–H and O–H groups in total. The van der Waals surface area contributed by atoms with Crippen LogP contribution in [0.4, 0.5) is 0 Å². The molecule has 1 fully saturated rings. The highest BCUT2D eigenvalue weighted by molar-refractivity contribution is 5.84. The van der Waals surface area contributed by atoms with E-state index in [9.17, 15) is 4.79 Å². The quantitative estimate of drug-likeness (QED) is 0.233. The highest BCUT2D eigenvalue weighted by Gasteiger charge is 2.38. The van der Waals surface area contributed by atoms with Crippen molar-refractivity contribution in [1.82, 2.24) is 0 Å². The summed E-state index contributed by atoms with van der Waals surface area (Å²) < 4.78 is 12.7. The van der Waals surface area contributed by atoms with Gasteiger partial charge in [0.1, 0.15) is 17.1 Å². The fourth-order valence-electron chi connectivity index (χ4n) is 5.98. The molecule has 0 unspecified atom stereocenters. The van der Waals surface area contributed by atoms with Crippen LogP contribution in [0.2, 0.25) is 0 Å². The van der Waals surface area contributed by atoms with Crippen LogP contribution in [-0.2, 0) is 11.2 Å². The molecular formula is C29H42O3. The second-order valence-electron chi connectivity index (χ2n) is 10.7. The number of esters is 1. The highest BCUT2D eigenvalue weighted by Crippen LogP contribution is 2.51. The second-order valence-corrected chi connectivity index (χ2v) is 10.7. The molecule has 0 atom stereocenters. The number of carbonyl (C=O) groups excluding carboxylic acids is 1. The summed E-state index contributed by atoms with van der Waals surface area (Å²) in [6.07, 6.45) is 17.1. The zero-order chi connectivity index (χ0) is 22.6. The van der Waals surface area contributed by atoms with E-state index in [0.717, 1.165) is 49.2 Å². The summed E-state index contributed by atoms with van der Waals surface area (Å²) in [5.41, 5.74) is 4.77. The zero-order valence-corrected chi connectivity index (χ0v) is 20.6. The van der Waals surface area contributed by atoms with Gasteiger partial charge in [-0.25, -0.2) is 0 Å². The average Bonchev–Trinajstić information content (AvgIpc) is 2.78. The number of aryl methyl sites for hydroxylation is 1. The Morgan fingerprint density at radius 1 is 1.06 bits per heavy atom. The normalized spacial score (nSPS) is 20.3. The maximum absolute atomic E-state index is 12.9. The Bertz CT molecular complexity index is 842. The van der Waals surface area contributed by atoms with Crippen LogP contribution in [0.25, 0.3) is 5.57 Å². The van der Waals surface area contributed by atoms with Crippen LogP contribution in [-0.4, -0.2) is 11.6 Å². The van der Waals surface area contributed by atoms with Gasteiger partial charge in [-0.15, -0.1) is 0 Å². The van der Waals surface area contributed by atoms with Gasteiger partial charge < -0.3 is 9.47 Å². The van der Waals surface area contributed by atoms with E-state index in [0.29, 0.717) is 12.3 Å². The molecule has 0 aromatic heterocycles. The van der Waals surface area contributed by atoms with Crippen LogP contribution >= 0.6 is 0 Å². The number of hydrogen-bond acceptors (Lipinski definition) is 3. The molecule has 4 rings (SSSR count). The first-order valence-electron chi connectivity index (χ1n) is 13.3. The molecule has 0 bridgehead atoms. The Morgan fingerprint density at radius 3 is 2.62 bits per heavy atom. The van der Waals surface area contributed by atoms with Crippen LogP contribution in [0.1, 0.15) is 122 Å². The lowest BCUT2D eigenvalue weighted by Gasteiger charge is -2.40. The largest absolute Gasteiger partial charge is 0.483 e. The molecule has 1 heterocycles. The molecule has 32 heavy (non-hydrogen) atoms. The number of allylic oxidation sites excluding steroid dienone is 1. The van der Waals surface area contributed by atoms with E-state index in [4.69, 9.17) is 9.47 Å². The number of ether oxygens (including phenoxy) is 2. The van der Waals surface area contributed by atoms with E-state index in [1.807, 2.05) is 0 Å². The van der Waals surface area contributed by atoms with Crippen LogP contribution in [0.3, 0.4) is 0 Å². The minimum Gasteiger partial charge on any atom is -0.483 e. The molecule has 3 aliphatic rings. The van der Waals surface area contributed by atoms with Crippen LogP contribution in [0.15, 0.2) is 17.7 Å². The molecular weight excluding hydrogens is 396 g/mol. The summed E-state index contributed by atoms with van der Waals surface area (Å²) >= 11 is 0. The number of hydrogen-bond donors (Lipinski definition) is 0. The Hall–Kier alpha value is -1.77. The molecule has 2 aliphatic carbocycles. The van der Waals surface area contributed by atoms with Crippen molar-refractivity contribution in [2.45, 2.75) is 123 Å². The van der Waals surface area contributed by atoms with Crippen molar-refractivity contribution in [1.29, 1.82) is 0 Å². The van der Waals surface area contributed by atoms with Gasteiger partial charge >= 0.3 is 5.97 Å². The number of benzene rings is 1. The van der Waals surface area contributed by atoms with Gasteiger partial charge in [0.15, 0.2) is 0 Å². The van der Waals surface area contributed by atoms with Gasteiger partial charge in [0.25, 0.3) is 0 Å². The standard InChI is InChI=1S/C29H42O3/c1-4-5-7-14-22-19-25(31-27(30)18-17-21-12-8-6-9-13-21)28-23-15-10-11-16-24(23)29(2,3)32-26(28)20-22/h19-21H,4-18H2,1-3H3. The smallest absolute Gasteiger partial charge is 0.311 e. The summed E-state index contributed by atoms with van der Waals surface area (Å²) in [6.45, 7) is 6.61. The molecule has 0 saturated heterocycles. The topological polar surface area (TPSA) is 35.5 Å². The van der Waals surface area contributed by atoms with E-state index < -0.39 is 0 Å². The maximum Gasteiger partial charge on any atom is 0.311 e. The molecule has 0 radical (unpaired) electrons. The summed E-state index contributed by atoms with van der Waals surface area (Å²) in [7, 11) is 0. The fraction of sp³-hybridized carbons (Fsp3) is 0.690. The van der Waals surface area contributed by atoms with Gasteiger partial charge in [0, 0.05) is 6.42 Å². The van der Waals surface area contributed by atoms with Gasteiger partial charge in [-0.2, -0.15) is 0 Å². The number of fused-ring (bicyclic) bond motifs is 2. The highest BCUT2D eigenvalue weighted by atomic mass is 16.5. The van der Waals surface area contributed by atoms with Gasteiger partial charge in [-0.3, -0.25) is 4.79 Å². The van der Waals surface area contributed by atoms with E-state index in [1.165, 1.54) is 74.5 Å². The molecule has 1 aromatic rings. The lowest BCUT2D eigenvalue weighted by molar-refractivity contribution is -0.134. The summed E-state index contributed by atoms with van der Waals surface area (Å²) in [5.74, 6) is 2.28. The lowest BCUT2D eigenvalue weighted by atomic mass is 9.77. The Balaban J connectivity index is 1.59. The van der Waals surface area contributed by atoms with Gasteiger partial charge in [0.2, 0.25) is 0 Å². The van der Waals surface area contributed by atoms with Crippen molar-refractivity contribution in [2.75, 3.05) is 0 Å². The SMILES string of the molecule is CCCCCc1cc(OC(=O)CCC2CCCCC2)c2c(c1)OC(C)(C)C1=C2CCCC1. The first-order chi connectivity index (χ1) is 15.5. The summed E-state index contributed by atoms with van der Waals surface area (Å²) in [4.78, 5) is 12.9. The third kappa shape index (κ3) is 5.41. The average molecular weight is 439 g/mol. The van der Waals surface area contributed by atoms with E-state index >= 15 is 0 Å². The van der Waals surface area contributed by atoms with Gasteiger partial charge in [-0.1, -0.05) is 51.9 Å². The van der Waals surface area contributed by atoms with Crippen LogP contribution in [0.5, 0.6) is 11.5 Å². The fourth-order valence-corrected chi connectivity index (χ4v) is 5.98. The van der Waals surface area contributed by atoms with Crippen LogP contribution < -0.4 is 9.47 Å². The van der Waals surface area contributed by atoms with E-state index in [-0.39, 0.29) is 11.6 Å². The number of unbranched alkanes of at least 4 members (excludes halogenated alkanes) is 2. The molecule has 1 aromatic carbocycles. The Labute approximate surface area is 195 Å². The van der Waals surface area contributed by atoms with Gasteiger partial charge in [-0.05, 0) is 93.6 Å². The number of carbonyl (C=O) groups is 1. The first-order valence-corrected chi connectivity index (χ1v) is 13.3. The summed E-state index contributed by atoms with van der Waals surface area (Å²) in [6, 6.07) is 4.35. The molecule has 3 heteroatoms. The predicted octanol–water partition coefficient (Wildman–Crippen LogP) is 8.18. The Morgan fingerprint density at radius 2 is 1.84 bits per heavy atom. The van der Waals surface area contributed by atoms with E-state index in [2.05, 4.69) is 32.9 Å². The molecule has 176 valence electrons. The van der Waals surface area contributed by atoms with Crippen molar-refractivity contribution in [2.24, 2.45) is 5.92 Å². The zero-order valence-electron chi connectivity index (χ0n) is 20.6. The monoisotopic (exact) mass is 438 g/mol. The molecule has 0 amide bonds. The predicted molar refractivity (Wildman–Crippen MR) is 131 cm³/mol. The van der Waals surface area contributed by atoms with Crippen molar-refractivity contribution < 1.29 is 14.3 Å². The number of rotatable bonds is 8. The lowest BCUT2D eigenvalue weighted by Crippen LogP contribution is -2.36. The van der Waals surface area contributed by atoms with Gasteiger partial charge in [0.05, 0.1) is 5.56 Å². The molecule has 1 saturated carbocycles. The second kappa shape index (κ2) is 10.4. The van der Waals surface area contributed by atoms with Crippen molar-refractivity contribution in [3.8, 4) is 11.5 Å². The van der Waals surface area contributed by atoms with Crippen molar-refractivity contribution in [3.63, 3.8) is 0 Å². The Kier molecular flexibility index (Phi) is 7.63. The van der Waals surface area contributed by atoms with E-state index in [1.54, 1.807) is 0 Å². The third-order valence-electron chi connectivity index (χ3n) is 7.76. The molecule has 3 nitrogen and oxygen atoms in total. The van der Waals surface area contributed by atoms with Crippen molar-refractivity contribution in [3.05, 3.63) is 28.8 Å². The minimum absolute atomic E-state index is 0.0775. The molecule has 0 spiro atoms. The third-order valence-corrected chi connectivity index (χ3v) is 7.76.